The first kappa shape index (κ1) is 13.7. The molecule has 2 nitrogen and oxygen atoms in total. The Hall–Kier alpha value is -1.77. The molecule has 0 spiro atoms. The first-order chi connectivity index (χ1) is 9.19. The van der Waals surface area contributed by atoms with Crippen LogP contribution in [0.3, 0.4) is 0 Å². The van der Waals surface area contributed by atoms with Crippen LogP contribution in [-0.4, -0.2) is 11.9 Å². The third-order valence-electron chi connectivity index (χ3n) is 2.80. The summed E-state index contributed by atoms with van der Waals surface area (Å²) in [6.07, 6.45) is 4.08. The highest BCUT2D eigenvalue weighted by Gasteiger charge is 1.98. The summed E-state index contributed by atoms with van der Waals surface area (Å²) in [5.74, 6) is 0.670. The predicted octanol–water partition coefficient (Wildman–Crippen LogP) is 4.15. The largest absolute Gasteiger partial charge is 0.468 e. The molecule has 2 aromatic carbocycles. The lowest BCUT2D eigenvalue weighted by atomic mass is 10.1. The third-order valence-corrected chi connectivity index (χ3v) is 3.05. The summed E-state index contributed by atoms with van der Waals surface area (Å²) in [5, 5.41) is 9.44. The van der Waals surface area contributed by atoms with Crippen LogP contribution in [0.2, 0.25) is 5.02 Å². The molecule has 98 valence electrons. The lowest BCUT2D eigenvalue weighted by Gasteiger charge is -2.05. The molecule has 0 unspecified atom stereocenters. The molecule has 3 heteroatoms. The van der Waals surface area contributed by atoms with Gasteiger partial charge in [-0.05, 0) is 47.9 Å². The summed E-state index contributed by atoms with van der Waals surface area (Å²) in [5.41, 5.74) is 3.30. The zero-order valence-corrected chi connectivity index (χ0v) is 11.4. The molecule has 0 aliphatic rings. The molecule has 0 radical (unpaired) electrons. The number of ether oxygens (including phenoxy) is 1. The zero-order valence-electron chi connectivity index (χ0n) is 10.6. The molecule has 0 saturated heterocycles. The molecule has 0 atom stereocenters. The number of hydrogen-bond acceptors (Lipinski definition) is 2. The van der Waals surface area contributed by atoms with E-state index in [2.05, 4.69) is 0 Å². The van der Waals surface area contributed by atoms with Crippen LogP contribution in [0, 0.1) is 6.92 Å². The average molecular weight is 275 g/mol. The van der Waals surface area contributed by atoms with E-state index < -0.39 is 0 Å². The van der Waals surface area contributed by atoms with Crippen molar-refractivity contribution in [3.05, 3.63) is 64.2 Å². The van der Waals surface area contributed by atoms with Crippen molar-refractivity contribution in [2.45, 2.75) is 6.92 Å². The van der Waals surface area contributed by atoms with E-state index in [0.29, 0.717) is 5.75 Å². The molecular weight excluding hydrogens is 260 g/mol. The molecule has 1 N–H and O–H groups in total. The van der Waals surface area contributed by atoms with Crippen LogP contribution < -0.4 is 4.74 Å². The molecular formula is C16H15ClO2. The first-order valence-electron chi connectivity index (χ1n) is 5.97. The lowest BCUT2D eigenvalue weighted by molar-refractivity contribution is 0.0985. The van der Waals surface area contributed by atoms with E-state index >= 15 is 0 Å². The highest BCUT2D eigenvalue weighted by Crippen LogP contribution is 2.19. The number of aryl methyl sites for hydroxylation is 1. The fourth-order valence-corrected chi connectivity index (χ4v) is 1.89. The maximum Gasteiger partial charge on any atom is 0.186 e. The number of rotatable bonds is 4. The zero-order chi connectivity index (χ0) is 13.7. The number of hydrogen-bond donors (Lipinski definition) is 1. The molecule has 0 saturated carbocycles. The predicted molar refractivity (Wildman–Crippen MR) is 79.3 cm³/mol. The summed E-state index contributed by atoms with van der Waals surface area (Å²) in [4.78, 5) is 0. The molecule has 0 fully saturated rings. The van der Waals surface area contributed by atoms with Gasteiger partial charge in [0.25, 0.3) is 0 Å². The van der Waals surface area contributed by atoms with Gasteiger partial charge in [-0.3, -0.25) is 0 Å². The molecule has 0 bridgehead atoms. The van der Waals surface area contributed by atoms with Gasteiger partial charge in [0, 0.05) is 5.02 Å². The average Bonchev–Trinajstić information content (AvgIpc) is 2.40. The van der Waals surface area contributed by atoms with Gasteiger partial charge in [0.1, 0.15) is 5.75 Å². The van der Waals surface area contributed by atoms with Gasteiger partial charge in [0.15, 0.2) is 6.79 Å². The molecule has 0 amide bonds. The Balaban J connectivity index is 2.16. The van der Waals surface area contributed by atoms with Gasteiger partial charge in [0.2, 0.25) is 0 Å². The van der Waals surface area contributed by atoms with E-state index in [4.69, 9.17) is 21.4 Å². The summed E-state index contributed by atoms with van der Waals surface area (Å²) >= 11 is 5.84. The summed E-state index contributed by atoms with van der Waals surface area (Å²) < 4.78 is 5.03. The standard InChI is InChI=1S/C16H15ClO2/c1-12-10-16(19-11-18)9-6-14(12)5-2-13-3-7-15(17)8-4-13/h2-10,18H,11H2,1H3/b5-2+. The van der Waals surface area contributed by atoms with Crippen molar-refractivity contribution in [2.24, 2.45) is 0 Å². The summed E-state index contributed by atoms with van der Waals surface area (Å²) in [6.45, 7) is 1.70. The Labute approximate surface area is 117 Å². The Morgan fingerprint density at radius 3 is 2.47 bits per heavy atom. The minimum atomic E-state index is -0.306. The van der Waals surface area contributed by atoms with Crippen molar-refractivity contribution >= 4 is 23.8 Å². The smallest absolute Gasteiger partial charge is 0.186 e. The molecule has 0 aromatic heterocycles. The van der Waals surface area contributed by atoms with Gasteiger partial charge in [-0.25, -0.2) is 0 Å². The maximum atomic E-state index is 8.71. The number of benzene rings is 2. The quantitative estimate of drug-likeness (QED) is 0.670. The van der Waals surface area contributed by atoms with Crippen LogP contribution >= 0.6 is 11.6 Å². The van der Waals surface area contributed by atoms with Crippen molar-refractivity contribution in [1.29, 1.82) is 0 Å². The van der Waals surface area contributed by atoms with E-state index in [-0.39, 0.29) is 6.79 Å². The number of aliphatic hydroxyl groups is 1. The van der Waals surface area contributed by atoms with Crippen molar-refractivity contribution in [1.82, 2.24) is 0 Å². The molecule has 0 aliphatic heterocycles. The minimum Gasteiger partial charge on any atom is -0.468 e. The van der Waals surface area contributed by atoms with Crippen LogP contribution in [-0.2, 0) is 0 Å². The van der Waals surface area contributed by atoms with E-state index in [9.17, 15) is 0 Å². The van der Waals surface area contributed by atoms with E-state index in [1.54, 1.807) is 0 Å². The van der Waals surface area contributed by atoms with Gasteiger partial charge in [-0.2, -0.15) is 0 Å². The first-order valence-corrected chi connectivity index (χ1v) is 6.35. The van der Waals surface area contributed by atoms with Crippen LogP contribution in [0.25, 0.3) is 12.2 Å². The van der Waals surface area contributed by atoms with E-state index in [1.165, 1.54) is 0 Å². The topological polar surface area (TPSA) is 29.5 Å². The van der Waals surface area contributed by atoms with Gasteiger partial charge in [0.05, 0.1) is 0 Å². The second-order valence-electron chi connectivity index (χ2n) is 4.18. The Morgan fingerprint density at radius 2 is 1.84 bits per heavy atom. The van der Waals surface area contributed by atoms with Crippen LogP contribution in [0.4, 0.5) is 0 Å². The van der Waals surface area contributed by atoms with E-state index in [1.807, 2.05) is 61.5 Å². The van der Waals surface area contributed by atoms with Crippen molar-refractivity contribution in [2.75, 3.05) is 6.79 Å². The highest BCUT2D eigenvalue weighted by atomic mass is 35.5. The van der Waals surface area contributed by atoms with Crippen LogP contribution in [0.5, 0.6) is 5.75 Å². The summed E-state index contributed by atoms with van der Waals surface area (Å²) in [6, 6.07) is 13.4. The van der Waals surface area contributed by atoms with Crippen molar-refractivity contribution in [3.8, 4) is 5.75 Å². The minimum absolute atomic E-state index is 0.306. The molecule has 2 aromatic rings. The van der Waals surface area contributed by atoms with Crippen molar-refractivity contribution in [3.63, 3.8) is 0 Å². The highest BCUT2D eigenvalue weighted by molar-refractivity contribution is 6.30. The van der Waals surface area contributed by atoms with Crippen LogP contribution in [0.15, 0.2) is 42.5 Å². The number of halogens is 1. The van der Waals surface area contributed by atoms with Gasteiger partial charge in [-0.1, -0.05) is 42.0 Å². The third kappa shape index (κ3) is 3.85. The van der Waals surface area contributed by atoms with Gasteiger partial charge >= 0.3 is 0 Å². The lowest BCUT2D eigenvalue weighted by Crippen LogP contribution is -1.95. The molecule has 0 aliphatic carbocycles. The number of aliphatic hydroxyl groups excluding tert-OH is 1. The monoisotopic (exact) mass is 274 g/mol. The summed E-state index contributed by atoms with van der Waals surface area (Å²) in [7, 11) is 0. The SMILES string of the molecule is Cc1cc(OCO)ccc1/C=C/c1ccc(Cl)cc1. The Kier molecular flexibility index (Phi) is 4.61. The van der Waals surface area contributed by atoms with Crippen LogP contribution in [0.1, 0.15) is 16.7 Å². The second-order valence-corrected chi connectivity index (χ2v) is 4.61. The van der Waals surface area contributed by atoms with Gasteiger partial charge < -0.3 is 9.84 Å². The normalized spacial score (nSPS) is 10.9. The molecule has 2 rings (SSSR count). The Bertz CT molecular complexity index is 574. The molecule has 0 heterocycles. The van der Waals surface area contributed by atoms with E-state index in [0.717, 1.165) is 21.7 Å². The molecule has 19 heavy (non-hydrogen) atoms. The fourth-order valence-electron chi connectivity index (χ4n) is 1.76. The second kappa shape index (κ2) is 6.41. The maximum absolute atomic E-state index is 8.71. The van der Waals surface area contributed by atoms with Gasteiger partial charge in [-0.15, -0.1) is 0 Å². The van der Waals surface area contributed by atoms with Crippen molar-refractivity contribution < 1.29 is 9.84 Å². The fraction of sp³-hybridized carbons (Fsp3) is 0.125. The Morgan fingerprint density at radius 1 is 1.11 bits per heavy atom.